The Morgan fingerprint density at radius 2 is 1.88 bits per heavy atom. The lowest BCUT2D eigenvalue weighted by Crippen LogP contribution is -2.28. The molecular weight excluding hydrogens is 420 g/mol. The van der Waals surface area contributed by atoms with Crippen molar-refractivity contribution in [3.05, 3.63) is 94.5 Å². The van der Waals surface area contributed by atoms with Crippen LogP contribution in [0.5, 0.6) is 0 Å². The van der Waals surface area contributed by atoms with Gasteiger partial charge in [0.25, 0.3) is 5.56 Å². The molecule has 0 saturated carbocycles. The van der Waals surface area contributed by atoms with E-state index in [2.05, 4.69) is 39.1 Å². The minimum Gasteiger partial charge on any atom is -0.385 e. The lowest BCUT2D eigenvalue weighted by atomic mass is 10.2. The Balaban J connectivity index is 1.39. The summed E-state index contributed by atoms with van der Waals surface area (Å²) in [6.07, 6.45) is 2.70. The monoisotopic (exact) mass is 448 g/mol. The number of fused-ring (bicyclic) bond motifs is 1. The normalized spacial score (nSPS) is 13.0. The number of anilines is 2. The molecule has 0 bridgehead atoms. The van der Waals surface area contributed by atoms with Crippen LogP contribution in [0.25, 0.3) is 10.9 Å². The largest absolute Gasteiger partial charge is 0.385 e. The highest BCUT2D eigenvalue weighted by Crippen LogP contribution is 2.17. The molecule has 4 rings (SSSR count). The molecule has 0 fully saturated rings. The van der Waals surface area contributed by atoms with E-state index in [9.17, 15) is 9.00 Å². The summed E-state index contributed by atoms with van der Waals surface area (Å²) in [5.41, 5.74) is 4.05. The zero-order valence-electron chi connectivity index (χ0n) is 18.1. The molecule has 166 valence electrons. The zero-order valence-corrected chi connectivity index (χ0v) is 19.0. The fourth-order valence-corrected chi connectivity index (χ4v) is 5.09. The van der Waals surface area contributed by atoms with Crippen LogP contribution in [0.2, 0.25) is 0 Å². The standard InChI is InChI=1S/C25H28N4O2S/c1-19-9-12-23(28-32(2,31)18-20-7-4-3-5-8-20)25(30)29(19)16-6-14-26-22-11-10-21-13-15-27-24(21)17-22/h3-5,7-13,15,17,26-27H,2,6,14,16,18H2,1H3,(H,28,31). The number of rotatable bonds is 9. The third-order valence-corrected chi connectivity index (χ3v) is 6.77. The maximum atomic E-state index is 13.0. The quantitative estimate of drug-likeness (QED) is 0.263. The molecule has 7 heteroatoms. The number of hydrogen-bond acceptors (Lipinski definition) is 3. The topological polar surface area (TPSA) is 78.9 Å². The Morgan fingerprint density at radius 3 is 2.69 bits per heavy atom. The molecule has 32 heavy (non-hydrogen) atoms. The van der Waals surface area contributed by atoms with Crippen molar-refractivity contribution in [1.82, 2.24) is 9.55 Å². The molecule has 3 N–H and O–H groups in total. The first-order chi connectivity index (χ1) is 15.4. The van der Waals surface area contributed by atoms with Gasteiger partial charge < -0.3 is 19.6 Å². The third kappa shape index (κ3) is 5.23. The van der Waals surface area contributed by atoms with Crippen molar-refractivity contribution in [3.8, 4) is 0 Å². The molecule has 0 amide bonds. The average molecular weight is 449 g/mol. The van der Waals surface area contributed by atoms with Crippen LogP contribution in [0.3, 0.4) is 0 Å². The number of nitrogens with zero attached hydrogens (tertiary/aromatic N) is 1. The van der Waals surface area contributed by atoms with Gasteiger partial charge in [-0.25, -0.2) is 4.21 Å². The maximum absolute atomic E-state index is 13.0. The second-order valence-electron chi connectivity index (χ2n) is 7.95. The summed E-state index contributed by atoms with van der Waals surface area (Å²) in [6, 6.07) is 21.3. The average Bonchev–Trinajstić information content (AvgIpc) is 3.23. The van der Waals surface area contributed by atoms with Crippen molar-refractivity contribution >= 4 is 37.9 Å². The minimum atomic E-state index is -2.69. The Bertz CT molecular complexity index is 1370. The van der Waals surface area contributed by atoms with Gasteiger partial charge in [0.2, 0.25) is 0 Å². The van der Waals surface area contributed by atoms with Crippen LogP contribution in [-0.2, 0) is 22.0 Å². The van der Waals surface area contributed by atoms with Crippen molar-refractivity contribution < 1.29 is 4.21 Å². The second-order valence-corrected chi connectivity index (χ2v) is 10.1. The number of benzene rings is 2. The van der Waals surface area contributed by atoms with Crippen LogP contribution in [0.4, 0.5) is 11.4 Å². The Morgan fingerprint density at radius 1 is 1.06 bits per heavy atom. The van der Waals surface area contributed by atoms with E-state index in [0.717, 1.165) is 35.4 Å². The number of aromatic amines is 1. The molecule has 0 spiro atoms. The molecule has 0 aliphatic carbocycles. The van der Waals surface area contributed by atoms with Crippen LogP contribution in [0.1, 0.15) is 17.7 Å². The molecule has 2 heterocycles. The lowest BCUT2D eigenvalue weighted by molar-refractivity contribution is 0.623. The molecule has 0 saturated heterocycles. The molecular formula is C25H28N4O2S. The number of pyridine rings is 1. The van der Waals surface area contributed by atoms with Gasteiger partial charge in [-0.1, -0.05) is 36.4 Å². The summed E-state index contributed by atoms with van der Waals surface area (Å²) in [5, 5.41) is 4.59. The molecule has 6 nitrogen and oxygen atoms in total. The summed E-state index contributed by atoms with van der Waals surface area (Å²) < 4.78 is 17.6. The van der Waals surface area contributed by atoms with Gasteiger partial charge in [-0.3, -0.25) is 4.79 Å². The van der Waals surface area contributed by atoms with Gasteiger partial charge >= 0.3 is 0 Å². The molecule has 4 aromatic rings. The summed E-state index contributed by atoms with van der Waals surface area (Å²) in [4.78, 5) is 16.2. The van der Waals surface area contributed by atoms with E-state index in [1.165, 1.54) is 5.39 Å². The van der Waals surface area contributed by atoms with Gasteiger partial charge in [0.1, 0.15) is 5.69 Å². The van der Waals surface area contributed by atoms with E-state index in [1.807, 2.05) is 55.6 Å². The Hall–Kier alpha value is -3.45. The van der Waals surface area contributed by atoms with Crippen molar-refractivity contribution in [1.29, 1.82) is 0 Å². The number of H-pyrrole nitrogens is 1. The highest BCUT2D eigenvalue weighted by atomic mass is 32.2. The number of aromatic nitrogens is 2. The van der Waals surface area contributed by atoms with Crippen LogP contribution < -0.4 is 15.6 Å². The molecule has 1 atom stereocenters. The molecule has 2 aromatic carbocycles. The molecule has 0 radical (unpaired) electrons. The van der Waals surface area contributed by atoms with Crippen molar-refractivity contribution in [2.45, 2.75) is 25.6 Å². The smallest absolute Gasteiger partial charge is 0.274 e. The van der Waals surface area contributed by atoms with E-state index in [1.54, 1.807) is 10.6 Å². The van der Waals surface area contributed by atoms with Gasteiger partial charge in [-0.15, -0.1) is 0 Å². The van der Waals surface area contributed by atoms with Crippen molar-refractivity contribution in [3.63, 3.8) is 0 Å². The fraction of sp³-hybridized carbons (Fsp3) is 0.200. The highest BCUT2D eigenvalue weighted by molar-refractivity contribution is 8.00. The third-order valence-electron chi connectivity index (χ3n) is 5.37. The van der Waals surface area contributed by atoms with E-state index in [0.29, 0.717) is 12.2 Å². The highest BCUT2D eigenvalue weighted by Gasteiger charge is 2.11. The molecule has 0 aliphatic heterocycles. The predicted molar refractivity (Wildman–Crippen MR) is 136 cm³/mol. The van der Waals surface area contributed by atoms with Crippen molar-refractivity contribution in [2.75, 3.05) is 16.6 Å². The molecule has 1 unspecified atom stereocenters. The first-order valence-electron chi connectivity index (χ1n) is 10.6. The number of nitrogens with one attached hydrogen (secondary N) is 3. The molecule has 0 aliphatic rings. The van der Waals surface area contributed by atoms with Gasteiger partial charge in [-0.2, -0.15) is 0 Å². The van der Waals surface area contributed by atoms with E-state index >= 15 is 0 Å². The van der Waals surface area contributed by atoms with Crippen LogP contribution in [0.15, 0.2) is 77.7 Å². The van der Waals surface area contributed by atoms with E-state index in [4.69, 9.17) is 0 Å². The van der Waals surface area contributed by atoms with Crippen LogP contribution >= 0.6 is 0 Å². The fourth-order valence-electron chi connectivity index (χ4n) is 3.73. The lowest BCUT2D eigenvalue weighted by Gasteiger charge is -2.16. The second kappa shape index (κ2) is 9.36. The summed E-state index contributed by atoms with van der Waals surface area (Å²) >= 11 is 0. The van der Waals surface area contributed by atoms with Gasteiger partial charge in [0, 0.05) is 45.9 Å². The SMILES string of the molecule is C=S(=O)(Cc1ccccc1)Nc1ccc(C)n(CCCNc2ccc3cc[nH]c3c2)c1=O. The zero-order chi connectivity index (χ0) is 22.6. The van der Waals surface area contributed by atoms with Crippen LogP contribution in [-0.4, -0.2) is 26.2 Å². The first-order valence-corrected chi connectivity index (χ1v) is 12.5. The summed E-state index contributed by atoms with van der Waals surface area (Å²) in [5.74, 6) is 4.10. The predicted octanol–water partition coefficient (Wildman–Crippen LogP) is 4.38. The number of hydrogen-bond donors (Lipinski definition) is 3. The van der Waals surface area contributed by atoms with E-state index in [-0.39, 0.29) is 11.3 Å². The van der Waals surface area contributed by atoms with Gasteiger partial charge in [-0.05, 0) is 60.5 Å². The first kappa shape index (κ1) is 21.8. The Labute approximate surface area is 188 Å². The molecule has 2 aromatic heterocycles. The van der Waals surface area contributed by atoms with E-state index < -0.39 is 9.71 Å². The summed E-state index contributed by atoms with van der Waals surface area (Å²) in [6.45, 7) is 3.20. The van der Waals surface area contributed by atoms with Gasteiger partial charge in [0.15, 0.2) is 0 Å². The number of aryl methyl sites for hydroxylation is 1. The minimum absolute atomic E-state index is 0.178. The Kier molecular flexibility index (Phi) is 6.37. The van der Waals surface area contributed by atoms with Crippen LogP contribution in [0, 0.1) is 6.92 Å². The summed E-state index contributed by atoms with van der Waals surface area (Å²) in [7, 11) is -2.69. The van der Waals surface area contributed by atoms with Crippen molar-refractivity contribution in [2.24, 2.45) is 0 Å². The maximum Gasteiger partial charge on any atom is 0.274 e. The van der Waals surface area contributed by atoms with Gasteiger partial charge in [0.05, 0.1) is 5.75 Å².